The van der Waals surface area contributed by atoms with Gasteiger partial charge >= 0.3 is 0 Å². The quantitative estimate of drug-likeness (QED) is 0.439. The van der Waals surface area contributed by atoms with E-state index < -0.39 is 0 Å². The number of imidazole rings is 2. The van der Waals surface area contributed by atoms with Gasteiger partial charge < -0.3 is 10.3 Å². The van der Waals surface area contributed by atoms with E-state index in [-0.39, 0.29) is 0 Å². The third-order valence-electron chi connectivity index (χ3n) is 5.76. The van der Waals surface area contributed by atoms with E-state index in [1.165, 1.54) is 12.8 Å². The molecule has 0 aliphatic heterocycles. The number of hydrogen-bond acceptors (Lipinski definition) is 5. The Hall–Kier alpha value is -4.00. The van der Waals surface area contributed by atoms with Gasteiger partial charge in [0.15, 0.2) is 5.65 Å². The number of aromatic nitrogens is 6. The summed E-state index contributed by atoms with van der Waals surface area (Å²) in [4.78, 5) is 16.7. The molecular weight excluding hydrogens is 386 g/mol. The number of fused-ring (bicyclic) bond motifs is 1. The second-order valence-electron chi connectivity index (χ2n) is 7.84. The Balaban J connectivity index is 1.40. The molecule has 0 amide bonds. The van der Waals surface area contributed by atoms with Crippen molar-refractivity contribution in [2.75, 3.05) is 12.4 Å². The molecular formula is C24H21N7. The molecule has 1 aliphatic rings. The average Bonchev–Trinajstić information content (AvgIpc) is 3.40. The van der Waals surface area contributed by atoms with Crippen molar-refractivity contribution in [3.05, 3.63) is 73.1 Å². The van der Waals surface area contributed by atoms with Crippen molar-refractivity contribution < 1.29 is 0 Å². The summed E-state index contributed by atoms with van der Waals surface area (Å²) < 4.78 is 1.90. The Morgan fingerprint density at radius 2 is 1.71 bits per heavy atom. The zero-order valence-corrected chi connectivity index (χ0v) is 17.1. The van der Waals surface area contributed by atoms with Gasteiger partial charge in [-0.25, -0.2) is 14.5 Å². The highest BCUT2D eigenvalue weighted by atomic mass is 15.3. The first-order chi connectivity index (χ1) is 15.3. The Morgan fingerprint density at radius 3 is 2.45 bits per heavy atom. The predicted octanol–water partition coefficient (Wildman–Crippen LogP) is 4.77. The Morgan fingerprint density at radius 1 is 0.935 bits per heavy atom. The summed E-state index contributed by atoms with van der Waals surface area (Å²) in [6.45, 7) is 0. The van der Waals surface area contributed by atoms with Crippen LogP contribution in [0, 0.1) is 0 Å². The predicted molar refractivity (Wildman–Crippen MR) is 121 cm³/mol. The maximum Gasteiger partial charge on any atom is 0.177 e. The van der Waals surface area contributed by atoms with Crippen LogP contribution in [0.25, 0.3) is 39.4 Å². The Bertz CT molecular complexity index is 1360. The first kappa shape index (κ1) is 17.8. The number of nitrogens with one attached hydrogen (secondary N) is 2. The molecule has 0 unspecified atom stereocenters. The molecule has 2 N–H and O–H groups in total. The first-order valence-electron chi connectivity index (χ1n) is 10.4. The van der Waals surface area contributed by atoms with Crippen molar-refractivity contribution in [1.29, 1.82) is 0 Å². The number of rotatable bonds is 5. The smallest absolute Gasteiger partial charge is 0.177 e. The molecule has 1 saturated carbocycles. The molecule has 6 rings (SSSR count). The van der Waals surface area contributed by atoms with Crippen LogP contribution in [0.1, 0.15) is 24.6 Å². The minimum absolute atomic E-state index is 0.619. The van der Waals surface area contributed by atoms with Crippen molar-refractivity contribution in [2.24, 2.45) is 0 Å². The van der Waals surface area contributed by atoms with Crippen LogP contribution in [0.15, 0.2) is 67.3 Å². The van der Waals surface area contributed by atoms with Gasteiger partial charge in [0.1, 0.15) is 5.82 Å². The van der Waals surface area contributed by atoms with Gasteiger partial charge in [-0.15, -0.1) is 0 Å². The van der Waals surface area contributed by atoms with Gasteiger partial charge in [0.05, 0.1) is 35.2 Å². The Kier molecular flexibility index (Phi) is 4.06. The lowest BCUT2D eigenvalue weighted by atomic mass is 10.1. The summed E-state index contributed by atoms with van der Waals surface area (Å²) in [6, 6.07) is 14.4. The molecule has 0 atom stereocenters. The highest BCUT2D eigenvalue weighted by Crippen LogP contribution is 2.39. The molecule has 0 saturated heterocycles. The first-order valence-corrected chi connectivity index (χ1v) is 10.4. The highest BCUT2D eigenvalue weighted by molar-refractivity contribution is 5.77. The molecule has 152 valence electrons. The second kappa shape index (κ2) is 7.05. The molecule has 1 aliphatic carbocycles. The molecule has 1 fully saturated rings. The minimum Gasteiger partial charge on any atom is -0.385 e. The van der Waals surface area contributed by atoms with Crippen molar-refractivity contribution in [1.82, 2.24) is 29.5 Å². The summed E-state index contributed by atoms with van der Waals surface area (Å²) in [7, 11) is 1.90. The minimum atomic E-state index is 0.619. The van der Waals surface area contributed by atoms with Gasteiger partial charge in [0.2, 0.25) is 0 Å². The zero-order valence-electron chi connectivity index (χ0n) is 17.1. The number of H-pyrrole nitrogens is 1. The number of pyridine rings is 1. The van der Waals surface area contributed by atoms with Crippen LogP contribution in [0.3, 0.4) is 0 Å². The molecule has 4 heterocycles. The monoisotopic (exact) mass is 407 g/mol. The van der Waals surface area contributed by atoms with Gasteiger partial charge in [-0.05, 0) is 36.6 Å². The molecule has 0 spiro atoms. The lowest BCUT2D eigenvalue weighted by Crippen LogP contribution is -2.01. The largest absolute Gasteiger partial charge is 0.385 e. The molecule has 31 heavy (non-hydrogen) atoms. The third kappa shape index (κ3) is 3.15. The van der Waals surface area contributed by atoms with E-state index in [2.05, 4.69) is 49.5 Å². The standard InChI is InChI=1S/C24H21N7/c1-25-20-12-19(16-8-10-26-11-9-16)30-31-22(14-28-24(20)31)17-4-2-15(3-5-17)21-13-27-23(29-21)18-6-7-18/h2-5,8-14,18,25H,6-7H2,1H3,(H,27,29). The number of anilines is 1. The fourth-order valence-corrected chi connectivity index (χ4v) is 3.88. The summed E-state index contributed by atoms with van der Waals surface area (Å²) in [5.74, 6) is 1.72. The summed E-state index contributed by atoms with van der Waals surface area (Å²) in [5, 5.41) is 8.11. The average molecular weight is 407 g/mol. The van der Waals surface area contributed by atoms with Crippen LogP contribution >= 0.6 is 0 Å². The van der Waals surface area contributed by atoms with Crippen LogP contribution < -0.4 is 5.32 Å². The fourth-order valence-electron chi connectivity index (χ4n) is 3.88. The van der Waals surface area contributed by atoms with Crippen molar-refractivity contribution >= 4 is 11.3 Å². The highest BCUT2D eigenvalue weighted by Gasteiger charge is 2.26. The number of benzene rings is 1. The van der Waals surface area contributed by atoms with Gasteiger partial charge in [-0.3, -0.25) is 4.98 Å². The topological polar surface area (TPSA) is 83.8 Å². The van der Waals surface area contributed by atoms with Crippen LogP contribution in [-0.4, -0.2) is 36.6 Å². The lowest BCUT2D eigenvalue weighted by Gasteiger charge is -2.09. The molecule has 1 aromatic carbocycles. The molecule has 5 aromatic rings. The van der Waals surface area contributed by atoms with Crippen molar-refractivity contribution in [3.63, 3.8) is 0 Å². The van der Waals surface area contributed by atoms with Gasteiger partial charge in [-0.1, -0.05) is 24.3 Å². The maximum atomic E-state index is 4.87. The third-order valence-corrected chi connectivity index (χ3v) is 5.76. The van der Waals surface area contributed by atoms with Crippen LogP contribution in [0.2, 0.25) is 0 Å². The van der Waals surface area contributed by atoms with Crippen LogP contribution in [0.4, 0.5) is 5.69 Å². The molecule has 0 bridgehead atoms. The Labute approximate surface area is 179 Å². The van der Waals surface area contributed by atoms with Gasteiger partial charge in [-0.2, -0.15) is 5.10 Å². The number of aromatic amines is 1. The summed E-state index contributed by atoms with van der Waals surface area (Å²) in [5.41, 5.74) is 7.77. The van der Waals surface area contributed by atoms with E-state index >= 15 is 0 Å². The zero-order chi connectivity index (χ0) is 20.8. The molecule has 0 radical (unpaired) electrons. The fraction of sp³-hybridized carbons (Fsp3) is 0.167. The van der Waals surface area contributed by atoms with E-state index in [0.717, 1.165) is 50.9 Å². The molecule has 7 heteroatoms. The summed E-state index contributed by atoms with van der Waals surface area (Å²) >= 11 is 0. The van der Waals surface area contributed by atoms with E-state index in [1.807, 2.05) is 42.2 Å². The number of nitrogens with zero attached hydrogens (tertiary/aromatic N) is 5. The van der Waals surface area contributed by atoms with E-state index in [0.29, 0.717) is 5.92 Å². The maximum absolute atomic E-state index is 4.87. The van der Waals surface area contributed by atoms with E-state index in [4.69, 9.17) is 5.10 Å². The van der Waals surface area contributed by atoms with Gasteiger partial charge in [0, 0.05) is 36.5 Å². The van der Waals surface area contributed by atoms with Crippen molar-refractivity contribution in [2.45, 2.75) is 18.8 Å². The van der Waals surface area contributed by atoms with E-state index in [1.54, 1.807) is 12.4 Å². The van der Waals surface area contributed by atoms with E-state index in [9.17, 15) is 0 Å². The number of hydrogen-bond donors (Lipinski definition) is 2. The van der Waals surface area contributed by atoms with Crippen LogP contribution in [0.5, 0.6) is 0 Å². The lowest BCUT2D eigenvalue weighted by molar-refractivity contribution is 0.949. The SMILES string of the molecule is CNc1cc(-c2ccncc2)nn2c(-c3ccc(-c4cnc(C5CC5)[nH]4)cc3)cnc12. The van der Waals surface area contributed by atoms with Gasteiger partial charge in [0.25, 0.3) is 0 Å². The van der Waals surface area contributed by atoms with Crippen molar-refractivity contribution in [3.8, 4) is 33.8 Å². The second-order valence-corrected chi connectivity index (χ2v) is 7.84. The van der Waals surface area contributed by atoms with Crippen LogP contribution in [-0.2, 0) is 0 Å². The summed E-state index contributed by atoms with van der Waals surface area (Å²) in [6.07, 6.45) is 9.83. The normalized spacial score (nSPS) is 13.6. The molecule has 4 aromatic heterocycles. The molecule has 7 nitrogen and oxygen atoms in total.